The normalized spacial score (nSPS) is 16.4. The van der Waals surface area contributed by atoms with Crippen LogP contribution in [0.3, 0.4) is 0 Å². The second kappa shape index (κ2) is 6.11. The highest BCUT2D eigenvalue weighted by atomic mass is 79.9. The van der Waals surface area contributed by atoms with E-state index >= 15 is 0 Å². The SMILES string of the molecule is CC(C)NCC(O)c1cc2cc(Br)c3c(c2o1)CCCC3. The van der Waals surface area contributed by atoms with Gasteiger partial charge < -0.3 is 14.8 Å². The minimum atomic E-state index is -0.599. The first-order valence-electron chi connectivity index (χ1n) is 7.71. The average Bonchev–Trinajstić information content (AvgIpc) is 2.89. The number of furan rings is 1. The lowest BCUT2D eigenvalue weighted by Crippen LogP contribution is -2.27. The summed E-state index contributed by atoms with van der Waals surface area (Å²) in [7, 11) is 0. The summed E-state index contributed by atoms with van der Waals surface area (Å²) in [6.45, 7) is 4.65. The van der Waals surface area contributed by atoms with Crippen molar-refractivity contribution in [3.8, 4) is 0 Å². The number of aryl methyl sites for hydroxylation is 1. The molecule has 114 valence electrons. The molecule has 1 aliphatic rings. The van der Waals surface area contributed by atoms with E-state index in [0.29, 0.717) is 18.3 Å². The van der Waals surface area contributed by atoms with E-state index in [-0.39, 0.29) is 0 Å². The molecular formula is C17H22BrNO2. The molecule has 21 heavy (non-hydrogen) atoms. The molecule has 4 heteroatoms. The largest absolute Gasteiger partial charge is 0.458 e. The molecule has 0 spiro atoms. The lowest BCUT2D eigenvalue weighted by molar-refractivity contribution is 0.147. The zero-order valence-corrected chi connectivity index (χ0v) is 14.2. The summed E-state index contributed by atoms with van der Waals surface area (Å²) in [5.41, 5.74) is 3.66. The molecule has 2 aromatic rings. The van der Waals surface area contributed by atoms with Crippen molar-refractivity contribution >= 4 is 26.9 Å². The summed E-state index contributed by atoms with van der Waals surface area (Å²) in [5.74, 6) is 0.657. The maximum Gasteiger partial charge on any atom is 0.137 e. The fraction of sp³-hybridized carbons (Fsp3) is 0.529. The third-order valence-corrected chi connectivity index (χ3v) is 4.85. The van der Waals surface area contributed by atoms with E-state index in [0.717, 1.165) is 23.8 Å². The number of nitrogens with one attached hydrogen (secondary N) is 1. The Bertz CT molecular complexity index is 648. The van der Waals surface area contributed by atoms with Crippen LogP contribution in [-0.2, 0) is 12.8 Å². The number of fused-ring (bicyclic) bond motifs is 3. The number of hydrogen-bond acceptors (Lipinski definition) is 3. The van der Waals surface area contributed by atoms with Gasteiger partial charge in [0.25, 0.3) is 0 Å². The molecule has 3 nitrogen and oxygen atoms in total. The van der Waals surface area contributed by atoms with Crippen LogP contribution in [0.4, 0.5) is 0 Å². The van der Waals surface area contributed by atoms with Crippen molar-refractivity contribution in [3.05, 3.63) is 33.5 Å². The molecule has 0 aliphatic heterocycles. The summed E-state index contributed by atoms with van der Waals surface area (Å²) in [5, 5.41) is 14.6. The van der Waals surface area contributed by atoms with Crippen molar-refractivity contribution in [1.82, 2.24) is 5.32 Å². The van der Waals surface area contributed by atoms with Gasteiger partial charge in [0, 0.05) is 22.4 Å². The Morgan fingerprint density at radius 2 is 1.95 bits per heavy atom. The molecule has 0 fully saturated rings. The molecule has 1 unspecified atom stereocenters. The van der Waals surface area contributed by atoms with Gasteiger partial charge in [-0.25, -0.2) is 0 Å². The smallest absolute Gasteiger partial charge is 0.137 e. The molecule has 0 bridgehead atoms. The van der Waals surface area contributed by atoms with Crippen LogP contribution in [0.25, 0.3) is 11.0 Å². The Kier molecular flexibility index (Phi) is 4.38. The maximum absolute atomic E-state index is 10.3. The van der Waals surface area contributed by atoms with Gasteiger partial charge in [0.1, 0.15) is 17.4 Å². The molecule has 2 N–H and O–H groups in total. The van der Waals surface area contributed by atoms with Gasteiger partial charge in [0.15, 0.2) is 0 Å². The second-order valence-electron chi connectivity index (χ2n) is 6.17. The van der Waals surface area contributed by atoms with Crippen molar-refractivity contribution in [2.45, 2.75) is 51.7 Å². The first kappa shape index (κ1) is 15.1. The van der Waals surface area contributed by atoms with Gasteiger partial charge in [-0.05, 0) is 48.9 Å². The van der Waals surface area contributed by atoms with E-state index in [1.54, 1.807) is 0 Å². The third-order valence-electron chi connectivity index (χ3n) is 4.14. The number of benzene rings is 1. The van der Waals surface area contributed by atoms with Gasteiger partial charge in [-0.3, -0.25) is 0 Å². The Morgan fingerprint density at radius 1 is 1.24 bits per heavy atom. The van der Waals surface area contributed by atoms with Crippen LogP contribution in [0.2, 0.25) is 0 Å². The average molecular weight is 352 g/mol. The van der Waals surface area contributed by atoms with Gasteiger partial charge in [0.05, 0.1) is 0 Å². The summed E-state index contributed by atoms with van der Waals surface area (Å²) >= 11 is 3.68. The van der Waals surface area contributed by atoms with Crippen LogP contribution in [0.15, 0.2) is 21.0 Å². The summed E-state index contributed by atoms with van der Waals surface area (Å²) in [6.07, 6.45) is 4.04. The van der Waals surface area contributed by atoms with Crippen LogP contribution in [0.1, 0.15) is 49.7 Å². The van der Waals surface area contributed by atoms with Gasteiger partial charge in [-0.2, -0.15) is 0 Å². The van der Waals surface area contributed by atoms with E-state index in [4.69, 9.17) is 4.42 Å². The number of rotatable bonds is 4. The minimum Gasteiger partial charge on any atom is -0.458 e. The van der Waals surface area contributed by atoms with Crippen LogP contribution in [0, 0.1) is 0 Å². The van der Waals surface area contributed by atoms with E-state index in [9.17, 15) is 5.11 Å². The fourth-order valence-electron chi connectivity index (χ4n) is 3.02. The summed E-state index contributed by atoms with van der Waals surface area (Å²) < 4.78 is 7.18. The van der Waals surface area contributed by atoms with Crippen molar-refractivity contribution in [3.63, 3.8) is 0 Å². The Hall–Kier alpha value is -0.840. The number of halogens is 1. The van der Waals surface area contributed by atoms with Crippen molar-refractivity contribution in [1.29, 1.82) is 0 Å². The number of aliphatic hydroxyl groups is 1. The lowest BCUT2D eigenvalue weighted by Gasteiger charge is -2.17. The predicted molar refractivity (Wildman–Crippen MR) is 88.7 cm³/mol. The van der Waals surface area contributed by atoms with Gasteiger partial charge in [-0.15, -0.1) is 0 Å². The third kappa shape index (κ3) is 3.03. The highest BCUT2D eigenvalue weighted by molar-refractivity contribution is 9.10. The monoisotopic (exact) mass is 351 g/mol. The molecule has 0 saturated carbocycles. The first-order valence-corrected chi connectivity index (χ1v) is 8.50. The Balaban J connectivity index is 1.96. The van der Waals surface area contributed by atoms with Crippen LogP contribution in [0.5, 0.6) is 0 Å². The fourth-order valence-corrected chi connectivity index (χ4v) is 3.71. The lowest BCUT2D eigenvalue weighted by atomic mass is 9.90. The highest BCUT2D eigenvalue weighted by Gasteiger charge is 2.21. The van der Waals surface area contributed by atoms with Gasteiger partial charge >= 0.3 is 0 Å². The molecule has 1 aromatic heterocycles. The maximum atomic E-state index is 10.3. The number of aliphatic hydroxyl groups excluding tert-OH is 1. The topological polar surface area (TPSA) is 45.4 Å². The highest BCUT2D eigenvalue weighted by Crippen LogP contribution is 2.37. The van der Waals surface area contributed by atoms with E-state index in [2.05, 4.69) is 41.2 Å². The zero-order chi connectivity index (χ0) is 15.0. The van der Waals surface area contributed by atoms with Crippen LogP contribution < -0.4 is 5.32 Å². The molecule has 1 heterocycles. The van der Waals surface area contributed by atoms with E-state index < -0.39 is 6.10 Å². The number of hydrogen-bond donors (Lipinski definition) is 2. The summed E-state index contributed by atoms with van der Waals surface area (Å²) in [4.78, 5) is 0. The van der Waals surface area contributed by atoms with Crippen molar-refractivity contribution in [2.75, 3.05) is 6.54 Å². The molecule has 0 radical (unpaired) electrons. The van der Waals surface area contributed by atoms with Crippen molar-refractivity contribution in [2.24, 2.45) is 0 Å². The molecule has 3 rings (SSSR count). The molecular weight excluding hydrogens is 330 g/mol. The van der Waals surface area contributed by atoms with Crippen LogP contribution in [-0.4, -0.2) is 17.7 Å². The zero-order valence-electron chi connectivity index (χ0n) is 12.6. The molecule has 1 atom stereocenters. The van der Waals surface area contributed by atoms with E-state index in [1.807, 2.05) is 6.07 Å². The molecule has 1 aromatic carbocycles. The van der Waals surface area contributed by atoms with Gasteiger partial charge in [0.2, 0.25) is 0 Å². The Labute approximate surface area is 133 Å². The minimum absolute atomic E-state index is 0.353. The van der Waals surface area contributed by atoms with E-state index in [1.165, 1.54) is 28.4 Å². The predicted octanol–water partition coefficient (Wildman–Crippen LogP) is 4.11. The Morgan fingerprint density at radius 3 is 2.67 bits per heavy atom. The molecule has 1 aliphatic carbocycles. The molecule has 0 saturated heterocycles. The molecule has 0 amide bonds. The van der Waals surface area contributed by atoms with Gasteiger partial charge in [-0.1, -0.05) is 29.8 Å². The second-order valence-corrected chi connectivity index (χ2v) is 7.02. The van der Waals surface area contributed by atoms with Crippen LogP contribution >= 0.6 is 15.9 Å². The summed E-state index contributed by atoms with van der Waals surface area (Å²) in [6, 6.07) is 4.45. The quantitative estimate of drug-likeness (QED) is 0.871. The standard InChI is InChI=1S/C17H22BrNO2/c1-10(2)19-9-15(20)16-8-11-7-14(18)12-5-3-4-6-13(12)17(11)21-16/h7-8,10,15,19-20H,3-6,9H2,1-2H3. The van der Waals surface area contributed by atoms with Crippen molar-refractivity contribution < 1.29 is 9.52 Å². The first-order chi connectivity index (χ1) is 10.1.